The molecule has 2 atom stereocenters. The van der Waals surface area contributed by atoms with Gasteiger partial charge in [0.15, 0.2) is 0 Å². The van der Waals surface area contributed by atoms with Crippen molar-refractivity contribution in [3.63, 3.8) is 0 Å². The monoisotopic (exact) mass is 352 g/mol. The average molecular weight is 352 g/mol. The van der Waals surface area contributed by atoms with E-state index in [0.29, 0.717) is 11.3 Å². The maximum absolute atomic E-state index is 13.3. The van der Waals surface area contributed by atoms with Crippen molar-refractivity contribution in [1.29, 1.82) is 0 Å². The summed E-state index contributed by atoms with van der Waals surface area (Å²) in [6.07, 6.45) is 0.257. The first-order chi connectivity index (χ1) is 12.5. The molecule has 2 aliphatic heterocycles. The van der Waals surface area contributed by atoms with Crippen LogP contribution in [0.25, 0.3) is 0 Å². The van der Waals surface area contributed by atoms with Gasteiger partial charge in [-0.15, -0.1) is 0 Å². The Hall–Kier alpha value is -3.02. The zero-order valence-corrected chi connectivity index (χ0v) is 14.2. The first kappa shape index (κ1) is 16.4. The van der Waals surface area contributed by atoms with Gasteiger partial charge >= 0.3 is 0 Å². The molecule has 2 aromatic carbocycles. The number of hydrogen-bond acceptors (Lipinski definition) is 3. The number of hydrogen-bond donors (Lipinski definition) is 0. The summed E-state index contributed by atoms with van der Waals surface area (Å²) in [4.78, 5) is 39.8. The molecule has 0 spiro atoms. The van der Waals surface area contributed by atoms with Crippen LogP contribution in [-0.2, 0) is 14.4 Å². The van der Waals surface area contributed by atoms with E-state index in [-0.39, 0.29) is 36.4 Å². The lowest BCUT2D eigenvalue weighted by atomic mass is 9.86. The van der Waals surface area contributed by atoms with Gasteiger partial charge in [0.25, 0.3) is 5.91 Å². The van der Waals surface area contributed by atoms with Crippen molar-refractivity contribution in [2.45, 2.75) is 31.8 Å². The Kier molecular flexibility index (Phi) is 3.83. The second-order valence-electron chi connectivity index (χ2n) is 6.64. The lowest BCUT2D eigenvalue weighted by Crippen LogP contribution is -2.67. The standard InChI is InChI=1S/C20H17FN2O3/c1-12-2-8-15(9-3-12)22-18(13-4-6-14(21)7-5-13)19(20(22)26)23-16(24)10-11-17(23)25/h2-9,18-19H,10-11H2,1H3/t18-,19-/m1/s1. The smallest absolute Gasteiger partial charge is 0.253 e. The van der Waals surface area contributed by atoms with Crippen LogP contribution in [0.2, 0.25) is 0 Å². The van der Waals surface area contributed by atoms with E-state index in [1.165, 1.54) is 12.1 Å². The lowest BCUT2D eigenvalue weighted by Gasteiger charge is -2.49. The zero-order chi connectivity index (χ0) is 18.4. The van der Waals surface area contributed by atoms with E-state index in [1.807, 2.05) is 31.2 Å². The van der Waals surface area contributed by atoms with Gasteiger partial charge in [-0.1, -0.05) is 29.8 Å². The van der Waals surface area contributed by atoms with Crippen molar-refractivity contribution in [2.24, 2.45) is 0 Å². The highest BCUT2D eigenvalue weighted by atomic mass is 19.1. The Morgan fingerprint density at radius 1 is 0.808 bits per heavy atom. The van der Waals surface area contributed by atoms with Gasteiger partial charge in [-0.2, -0.15) is 0 Å². The quantitative estimate of drug-likeness (QED) is 0.630. The fourth-order valence-corrected chi connectivity index (χ4v) is 3.61. The zero-order valence-electron chi connectivity index (χ0n) is 14.2. The molecule has 0 N–H and O–H groups in total. The minimum atomic E-state index is -0.871. The molecule has 2 heterocycles. The number of halogens is 1. The van der Waals surface area contributed by atoms with Crippen LogP contribution < -0.4 is 4.90 Å². The van der Waals surface area contributed by atoms with Crippen molar-refractivity contribution in [3.05, 3.63) is 65.5 Å². The molecule has 0 saturated carbocycles. The Labute approximate surface area is 150 Å². The number of imide groups is 1. The molecule has 0 bridgehead atoms. The Bertz CT molecular complexity index is 876. The Morgan fingerprint density at radius 2 is 1.38 bits per heavy atom. The van der Waals surface area contributed by atoms with Crippen molar-refractivity contribution in [3.8, 4) is 0 Å². The number of carbonyl (C=O) groups is 3. The SMILES string of the molecule is Cc1ccc(N2C(=O)[C@H](N3C(=O)CCC3=O)[C@H]2c2ccc(F)cc2)cc1. The third-order valence-corrected chi connectivity index (χ3v) is 4.96. The number of aryl methyl sites for hydroxylation is 1. The van der Waals surface area contributed by atoms with Crippen LogP contribution in [0.15, 0.2) is 48.5 Å². The van der Waals surface area contributed by atoms with E-state index < -0.39 is 12.1 Å². The van der Waals surface area contributed by atoms with Crippen LogP contribution in [0.1, 0.15) is 30.0 Å². The van der Waals surface area contributed by atoms with Crippen molar-refractivity contribution in [1.82, 2.24) is 4.90 Å². The van der Waals surface area contributed by atoms with E-state index in [2.05, 4.69) is 0 Å². The van der Waals surface area contributed by atoms with Crippen molar-refractivity contribution in [2.75, 3.05) is 4.90 Å². The van der Waals surface area contributed by atoms with E-state index in [4.69, 9.17) is 0 Å². The number of β-lactam (4-membered cyclic amide) rings is 1. The summed E-state index contributed by atoms with van der Waals surface area (Å²) in [6, 6.07) is 11.9. The molecular weight excluding hydrogens is 335 g/mol. The minimum Gasteiger partial charge on any atom is -0.300 e. The van der Waals surface area contributed by atoms with E-state index >= 15 is 0 Å². The molecule has 132 valence electrons. The summed E-state index contributed by atoms with van der Waals surface area (Å²) in [7, 11) is 0. The fourth-order valence-electron chi connectivity index (χ4n) is 3.61. The maximum Gasteiger partial charge on any atom is 0.253 e. The fraction of sp³-hybridized carbons (Fsp3) is 0.250. The number of benzene rings is 2. The van der Waals surface area contributed by atoms with Crippen molar-refractivity contribution >= 4 is 23.4 Å². The molecule has 2 aromatic rings. The molecule has 0 radical (unpaired) electrons. The normalized spacial score (nSPS) is 22.8. The molecule has 2 fully saturated rings. The van der Waals surface area contributed by atoms with Gasteiger partial charge < -0.3 is 4.90 Å². The van der Waals surface area contributed by atoms with Crippen LogP contribution in [0, 0.1) is 12.7 Å². The van der Waals surface area contributed by atoms with Crippen LogP contribution in [0.4, 0.5) is 10.1 Å². The Balaban J connectivity index is 1.76. The van der Waals surface area contributed by atoms with Gasteiger partial charge in [0, 0.05) is 18.5 Å². The van der Waals surface area contributed by atoms with E-state index in [9.17, 15) is 18.8 Å². The number of rotatable bonds is 3. The molecule has 0 unspecified atom stereocenters. The summed E-state index contributed by atoms with van der Waals surface area (Å²) < 4.78 is 13.3. The number of amides is 3. The van der Waals surface area contributed by atoms with Gasteiger partial charge in [-0.25, -0.2) is 4.39 Å². The summed E-state index contributed by atoms with van der Waals surface area (Å²) >= 11 is 0. The molecular formula is C20H17FN2O3. The van der Waals surface area contributed by atoms with Gasteiger partial charge in [0.1, 0.15) is 11.9 Å². The minimum absolute atomic E-state index is 0.128. The third kappa shape index (κ3) is 2.49. The molecule has 5 nitrogen and oxygen atoms in total. The van der Waals surface area contributed by atoms with E-state index in [0.717, 1.165) is 10.5 Å². The highest BCUT2D eigenvalue weighted by Gasteiger charge is 2.56. The topological polar surface area (TPSA) is 57.7 Å². The summed E-state index contributed by atoms with van der Waals surface area (Å²) in [6.45, 7) is 1.95. The number of carbonyl (C=O) groups excluding carboxylic acids is 3. The summed E-state index contributed by atoms with van der Waals surface area (Å²) in [5.41, 5.74) is 2.43. The first-order valence-electron chi connectivity index (χ1n) is 8.47. The molecule has 6 heteroatoms. The van der Waals surface area contributed by atoms with E-state index in [1.54, 1.807) is 17.0 Å². The molecule has 0 aromatic heterocycles. The molecule has 2 saturated heterocycles. The first-order valence-corrected chi connectivity index (χ1v) is 8.47. The highest BCUT2D eigenvalue weighted by molar-refractivity contribution is 6.13. The lowest BCUT2D eigenvalue weighted by molar-refractivity contribution is -0.151. The molecule has 26 heavy (non-hydrogen) atoms. The largest absolute Gasteiger partial charge is 0.300 e. The van der Waals surface area contributed by atoms with Crippen LogP contribution >= 0.6 is 0 Å². The molecule has 4 rings (SSSR count). The van der Waals surface area contributed by atoms with Gasteiger partial charge in [-0.3, -0.25) is 19.3 Å². The van der Waals surface area contributed by atoms with Crippen LogP contribution in [0.5, 0.6) is 0 Å². The molecule has 2 aliphatic rings. The summed E-state index contributed by atoms with van der Waals surface area (Å²) in [5.74, 6) is -1.34. The number of anilines is 1. The Morgan fingerprint density at radius 3 is 1.96 bits per heavy atom. The average Bonchev–Trinajstić information content (AvgIpc) is 2.95. The number of likely N-dealkylation sites (tertiary alicyclic amines) is 1. The summed E-state index contributed by atoms with van der Waals surface area (Å²) in [5, 5.41) is 0. The second kappa shape index (κ2) is 6.05. The molecule has 0 aliphatic carbocycles. The van der Waals surface area contributed by atoms with Gasteiger partial charge in [0.2, 0.25) is 11.8 Å². The van der Waals surface area contributed by atoms with Gasteiger partial charge in [-0.05, 0) is 36.8 Å². The van der Waals surface area contributed by atoms with Crippen LogP contribution in [-0.4, -0.2) is 28.7 Å². The second-order valence-corrected chi connectivity index (χ2v) is 6.64. The predicted molar refractivity (Wildman–Crippen MR) is 92.7 cm³/mol. The third-order valence-electron chi connectivity index (χ3n) is 4.96. The number of nitrogens with zero attached hydrogens (tertiary/aromatic N) is 2. The molecule has 3 amide bonds. The van der Waals surface area contributed by atoms with Crippen molar-refractivity contribution < 1.29 is 18.8 Å². The van der Waals surface area contributed by atoms with Gasteiger partial charge in [0.05, 0.1) is 6.04 Å². The van der Waals surface area contributed by atoms with Crippen LogP contribution in [0.3, 0.4) is 0 Å². The predicted octanol–water partition coefficient (Wildman–Crippen LogP) is 2.74. The highest BCUT2D eigenvalue weighted by Crippen LogP contribution is 2.43. The maximum atomic E-state index is 13.3.